The number of carbonyl (C=O) groups is 4. The second-order valence-electron chi connectivity index (χ2n) is 12.3. The molecule has 0 heterocycles. The number of alkyl halides is 1. The molecule has 0 aromatic rings. The van der Waals surface area contributed by atoms with Crippen LogP contribution in [-0.4, -0.2) is 69.1 Å². The summed E-state index contributed by atoms with van der Waals surface area (Å²) in [4.78, 5) is 50.4. The number of hydrogen-bond acceptors (Lipinski definition) is 8. The maximum absolute atomic E-state index is 17.6. The average molecular weight is 551 g/mol. The lowest BCUT2D eigenvalue weighted by Crippen LogP contribution is -2.66. The Balaban J connectivity index is 1.75. The Morgan fingerprint density at radius 3 is 2.41 bits per heavy atom. The summed E-state index contributed by atoms with van der Waals surface area (Å²) < 4.78 is 27.7. The number of aliphatic hydroxyl groups is 2. The molecule has 4 aliphatic carbocycles. The zero-order valence-corrected chi connectivity index (χ0v) is 23.2. The van der Waals surface area contributed by atoms with E-state index < -0.39 is 63.9 Å². The van der Waals surface area contributed by atoms with Gasteiger partial charge < -0.3 is 24.8 Å². The van der Waals surface area contributed by atoms with Gasteiger partial charge in [0.2, 0.25) is 11.6 Å². The minimum absolute atomic E-state index is 0.0362. The van der Waals surface area contributed by atoms with Crippen LogP contribution < -0.4 is 0 Å². The maximum atomic E-state index is 17.6. The van der Waals surface area contributed by atoms with Gasteiger partial charge in [-0.3, -0.25) is 9.59 Å². The molecule has 0 spiro atoms. The first kappa shape index (κ1) is 29.4. The van der Waals surface area contributed by atoms with E-state index in [1.54, 1.807) is 6.92 Å². The average Bonchev–Trinajstić information content (AvgIpc) is 3.20. The second-order valence-corrected chi connectivity index (χ2v) is 12.3. The highest BCUT2D eigenvalue weighted by Crippen LogP contribution is 2.70. The molecule has 10 heteroatoms. The number of carboxylic acids is 1. The SMILES string of the molecule is C=C([C@@H]1CC[C@H]2[C@@H]3CCC4=C(C(C)OC(=O)OCC)C(O)C(=O)C(=O)[C@]4(C)[C@@]3(F)CC[C@]12C)C(C)(O)C(=O)O. The lowest BCUT2D eigenvalue weighted by Gasteiger charge is -2.61. The molecule has 216 valence electrons. The van der Waals surface area contributed by atoms with E-state index in [0.717, 1.165) is 0 Å². The van der Waals surface area contributed by atoms with Crippen molar-refractivity contribution in [2.24, 2.45) is 28.6 Å². The standard InChI is InChI=1S/C29H39FO9/c1-7-38-25(36)39-15(3)20-19-11-10-18-17-9-8-16(14(2)28(6,37)24(34)35)26(17,4)12-13-29(18,30)27(19,5)23(33)22(32)21(20)31/h15-18,21,31,37H,2,7-13H2,1,3-6H3,(H,34,35)/t15?,16-,17-,18-,21?,26+,27+,28?,29+/m0/s1. The molecule has 39 heavy (non-hydrogen) atoms. The topological polar surface area (TPSA) is 147 Å². The van der Waals surface area contributed by atoms with Crippen LogP contribution in [-0.2, 0) is 23.9 Å². The van der Waals surface area contributed by atoms with E-state index in [9.17, 15) is 34.5 Å². The normalized spacial score (nSPS) is 40.1. The van der Waals surface area contributed by atoms with Crippen LogP contribution in [0.15, 0.2) is 23.3 Å². The van der Waals surface area contributed by atoms with E-state index in [4.69, 9.17) is 9.47 Å². The second kappa shape index (κ2) is 9.51. The van der Waals surface area contributed by atoms with Gasteiger partial charge in [0.05, 0.1) is 12.0 Å². The van der Waals surface area contributed by atoms with E-state index in [0.29, 0.717) is 31.3 Å². The molecule has 3 saturated carbocycles. The summed E-state index contributed by atoms with van der Waals surface area (Å²) in [6, 6.07) is 0. The highest BCUT2D eigenvalue weighted by Gasteiger charge is 2.72. The number of aliphatic carboxylic acids is 1. The van der Waals surface area contributed by atoms with E-state index in [2.05, 4.69) is 6.58 Å². The number of carbonyl (C=O) groups excluding carboxylic acids is 3. The van der Waals surface area contributed by atoms with Crippen molar-refractivity contribution in [3.8, 4) is 0 Å². The first-order valence-corrected chi connectivity index (χ1v) is 13.7. The van der Waals surface area contributed by atoms with E-state index in [1.165, 1.54) is 20.8 Å². The molecule has 4 rings (SSSR count). The molecular weight excluding hydrogens is 511 g/mol. The quantitative estimate of drug-likeness (QED) is 0.256. The number of rotatable bonds is 6. The number of carboxylic acid groups (broad SMARTS) is 1. The number of allylic oxidation sites excluding steroid dienone is 1. The smallest absolute Gasteiger partial charge is 0.479 e. The first-order valence-electron chi connectivity index (χ1n) is 13.7. The monoisotopic (exact) mass is 550 g/mol. The van der Waals surface area contributed by atoms with Crippen LogP contribution in [0.2, 0.25) is 0 Å². The van der Waals surface area contributed by atoms with Crippen molar-refractivity contribution < 1.29 is 48.4 Å². The minimum atomic E-state index is -2.13. The van der Waals surface area contributed by atoms with Crippen LogP contribution in [0.1, 0.15) is 73.1 Å². The molecular formula is C29H39FO9. The summed E-state index contributed by atoms with van der Waals surface area (Å²) in [6.45, 7) is 11.7. The highest BCUT2D eigenvalue weighted by atomic mass is 19.1. The van der Waals surface area contributed by atoms with Crippen molar-refractivity contribution in [1.82, 2.24) is 0 Å². The fourth-order valence-electron chi connectivity index (χ4n) is 8.40. The summed E-state index contributed by atoms with van der Waals surface area (Å²) in [5.74, 6) is -4.73. The molecule has 0 radical (unpaired) electrons. The highest BCUT2D eigenvalue weighted by molar-refractivity contribution is 6.43. The van der Waals surface area contributed by atoms with Gasteiger partial charge in [-0.15, -0.1) is 0 Å². The fourth-order valence-corrected chi connectivity index (χ4v) is 8.40. The molecule has 3 N–H and O–H groups in total. The summed E-state index contributed by atoms with van der Waals surface area (Å²) in [5, 5.41) is 31.0. The summed E-state index contributed by atoms with van der Waals surface area (Å²) >= 11 is 0. The molecule has 0 saturated heterocycles. The van der Waals surface area contributed by atoms with Gasteiger partial charge in [-0.05, 0) is 101 Å². The van der Waals surface area contributed by atoms with Gasteiger partial charge in [0.15, 0.2) is 5.60 Å². The van der Waals surface area contributed by atoms with Gasteiger partial charge in [0.1, 0.15) is 17.9 Å². The predicted octanol–water partition coefficient (Wildman–Crippen LogP) is 3.70. The molecule has 3 unspecified atom stereocenters. The lowest BCUT2D eigenvalue weighted by atomic mass is 9.44. The van der Waals surface area contributed by atoms with Crippen molar-refractivity contribution >= 4 is 23.7 Å². The Hall–Kier alpha value is -2.59. The zero-order valence-electron chi connectivity index (χ0n) is 23.2. The number of halogens is 1. The molecule has 4 aliphatic rings. The minimum Gasteiger partial charge on any atom is -0.479 e. The van der Waals surface area contributed by atoms with Crippen molar-refractivity contribution in [1.29, 1.82) is 0 Å². The third-order valence-electron chi connectivity index (χ3n) is 10.7. The number of fused-ring (bicyclic) bond motifs is 5. The summed E-state index contributed by atoms with van der Waals surface area (Å²) in [7, 11) is 0. The van der Waals surface area contributed by atoms with Gasteiger partial charge in [-0.1, -0.05) is 13.5 Å². The summed E-state index contributed by atoms with van der Waals surface area (Å²) in [6.07, 6.45) is -2.09. The fraction of sp³-hybridized carbons (Fsp3) is 0.724. The largest absolute Gasteiger partial charge is 0.508 e. The molecule has 0 aromatic carbocycles. The van der Waals surface area contributed by atoms with Crippen molar-refractivity contribution in [3.63, 3.8) is 0 Å². The van der Waals surface area contributed by atoms with E-state index >= 15 is 4.39 Å². The Kier molecular flexibility index (Phi) is 7.17. The molecule has 0 bridgehead atoms. The molecule has 0 aromatic heterocycles. The van der Waals surface area contributed by atoms with Crippen molar-refractivity contribution in [2.75, 3.05) is 6.61 Å². The number of hydrogen-bond donors (Lipinski definition) is 3. The number of Topliss-reactive ketones (excluding diaryl/α,β-unsaturated/α-hetero) is 2. The van der Waals surface area contributed by atoms with Crippen LogP contribution in [0.5, 0.6) is 0 Å². The van der Waals surface area contributed by atoms with Crippen LogP contribution in [0, 0.1) is 28.6 Å². The van der Waals surface area contributed by atoms with Crippen LogP contribution in [0.3, 0.4) is 0 Å². The Bertz CT molecular complexity index is 1160. The van der Waals surface area contributed by atoms with Gasteiger partial charge in [-0.2, -0.15) is 0 Å². The molecule has 9 atom stereocenters. The van der Waals surface area contributed by atoms with Gasteiger partial charge >= 0.3 is 12.1 Å². The van der Waals surface area contributed by atoms with Gasteiger partial charge in [-0.25, -0.2) is 14.0 Å². The lowest BCUT2D eigenvalue weighted by molar-refractivity contribution is -0.171. The van der Waals surface area contributed by atoms with Crippen LogP contribution >= 0.6 is 0 Å². The summed E-state index contributed by atoms with van der Waals surface area (Å²) in [5.41, 5.74) is -6.13. The molecule has 9 nitrogen and oxygen atoms in total. The van der Waals surface area contributed by atoms with Gasteiger partial charge in [0, 0.05) is 5.57 Å². The van der Waals surface area contributed by atoms with E-state index in [-0.39, 0.29) is 42.4 Å². The Labute approximate surface area is 227 Å². The third kappa shape index (κ3) is 3.92. The molecule has 0 amide bonds. The Morgan fingerprint density at radius 2 is 1.82 bits per heavy atom. The third-order valence-corrected chi connectivity index (χ3v) is 10.7. The molecule has 0 aliphatic heterocycles. The predicted molar refractivity (Wildman–Crippen MR) is 136 cm³/mol. The van der Waals surface area contributed by atoms with Crippen LogP contribution in [0.25, 0.3) is 0 Å². The van der Waals surface area contributed by atoms with Crippen molar-refractivity contribution in [2.45, 2.75) is 96.6 Å². The maximum Gasteiger partial charge on any atom is 0.508 e. The first-order chi connectivity index (χ1) is 18.0. The van der Waals surface area contributed by atoms with Gasteiger partial charge in [0.25, 0.3) is 0 Å². The van der Waals surface area contributed by atoms with E-state index in [1.807, 2.05) is 6.92 Å². The molecule has 3 fully saturated rings. The Morgan fingerprint density at radius 1 is 1.18 bits per heavy atom. The number of ether oxygens (including phenoxy) is 2. The number of ketones is 2. The zero-order chi connectivity index (χ0) is 29.3. The number of aliphatic hydroxyl groups excluding tert-OH is 1. The van der Waals surface area contributed by atoms with Crippen molar-refractivity contribution in [3.05, 3.63) is 23.3 Å². The van der Waals surface area contributed by atoms with Crippen LogP contribution in [0.4, 0.5) is 9.18 Å².